The highest BCUT2D eigenvalue weighted by molar-refractivity contribution is 7.47. The fourth-order valence-electron chi connectivity index (χ4n) is 6.30. The number of carbonyl (C=O) groups excluding carboxylic acids is 2. The van der Waals surface area contributed by atoms with Gasteiger partial charge in [-0.1, -0.05) is 182 Å². The third-order valence-corrected chi connectivity index (χ3v) is 11.0. The predicted octanol–water partition coefficient (Wildman–Crippen LogP) is 14.6. The lowest BCUT2D eigenvalue weighted by Gasteiger charge is -2.15. The summed E-state index contributed by atoms with van der Waals surface area (Å²) in [6, 6.07) is 0. The largest absolute Gasteiger partial charge is 0.472 e. The number of aliphatic hydroxyl groups excluding tert-OH is 1. The Bertz CT molecular complexity index is 1350. The molecule has 0 rings (SSSR count). The third kappa shape index (κ3) is 49.8. The number of phosphoric ester groups is 1. The third-order valence-electron chi connectivity index (χ3n) is 10.00. The zero-order valence-corrected chi connectivity index (χ0v) is 40.6. The predicted molar refractivity (Wildman–Crippen MR) is 265 cm³/mol. The molecule has 0 aliphatic rings. The summed E-state index contributed by atoms with van der Waals surface area (Å²) in [5.41, 5.74) is 0. The van der Waals surface area contributed by atoms with Crippen LogP contribution in [-0.2, 0) is 27.9 Å². The molecule has 0 aliphatic carbocycles. The number of carbonyl (C=O) groups is 2. The average Bonchev–Trinajstić information content (AvgIpc) is 3.27. The van der Waals surface area contributed by atoms with Crippen LogP contribution in [-0.4, -0.2) is 54.3 Å². The van der Waals surface area contributed by atoms with Gasteiger partial charge in [-0.2, -0.15) is 0 Å². The van der Waals surface area contributed by atoms with Crippen LogP contribution in [0.25, 0.3) is 0 Å². The molecule has 360 valence electrons. The van der Waals surface area contributed by atoms with Crippen LogP contribution in [0.3, 0.4) is 0 Å². The molecular weight excluding hydrogens is 810 g/mol. The Morgan fingerprint density at radius 1 is 0.508 bits per heavy atom. The monoisotopic (exact) mass is 900 g/mol. The maximum Gasteiger partial charge on any atom is 0.472 e. The summed E-state index contributed by atoms with van der Waals surface area (Å²) >= 11 is 0. The molecule has 0 fully saturated rings. The number of hydrogen-bond acceptors (Lipinski definition) is 7. The van der Waals surface area contributed by atoms with Gasteiger partial charge in [-0.05, 0) is 96.3 Å². The molecule has 63 heavy (non-hydrogen) atoms. The van der Waals surface area contributed by atoms with Gasteiger partial charge in [0.15, 0.2) is 0 Å². The molecule has 0 aliphatic heterocycles. The van der Waals surface area contributed by atoms with Crippen molar-refractivity contribution in [3.05, 3.63) is 97.2 Å². The zero-order chi connectivity index (χ0) is 46.0. The van der Waals surface area contributed by atoms with E-state index in [1.165, 1.54) is 70.6 Å². The van der Waals surface area contributed by atoms with Gasteiger partial charge in [0.05, 0.1) is 13.2 Å². The highest BCUT2D eigenvalue weighted by atomic mass is 31.2. The first kappa shape index (κ1) is 59.9. The summed E-state index contributed by atoms with van der Waals surface area (Å²) in [5.74, 6) is -0.551. The van der Waals surface area contributed by atoms with Crippen molar-refractivity contribution in [3.63, 3.8) is 0 Å². The molecule has 0 aromatic heterocycles. The van der Waals surface area contributed by atoms with Crippen molar-refractivity contribution in [1.82, 2.24) is 5.32 Å². The molecule has 2 unspecified atom stereocenters. The summed E-state index contributed by atoms with van der Waals surface area (Å²) in [7, 11) is -4.44. The second-order valence-electron chi connectivity index (χ2n) is 16.0. The minimum Gasteiger partial charge on any atom is -0.463 e. The zero-order valence-electron chi connectivity index (χ0n) is 39.7. The number of esters is 1. The van der Waals surface area contributed by atoms with Crippen LogP contribution in [0.4, 0.5) is 0 Å². The number of hydrogen-bond donors (Lipinski definition) is 3. The molecular formula is C53H90NO8P. The Balaban J connectivity index is 3.66. The second kappa shape index (κ2) is 48.4. The fraction of sp³-hybridized carbons (Fsp3) is 0.660. The molecule has 2 atom stereocenters. The smallest absolute Gasteiger partial charge is 0.463 e. The van der Waals surface area contributed by atoms with Crippen molar-refractivity contribution in [3.8, 4) is 0 Å². The number of unbranched alkanes of at least 4 members (excludes halogenated alkanes) is 16. The molecule has 0 bridgehead atoms. The minimum atomic E-state index is -4.44. The highest BCUT2D eigenvalue weighted by Gasteiger charge is 2.23. The number of ether oxygens (including phenoxy) is 1. The Morgan fingerprint density at radius 3 is 1.37 bits per heavy atom. The topological polar surface area (TPSA) is 131 Å². The lowest BCUT2D eigenvalue weighted by molar-refractivity contribution is -0.147. The molecule has 9 nitrogen and oxygen atoms in total. The lowest BCUT2D eigenvalue weighted by Crippen LogP contribution is -2.27. The van der Waals surface area contributed by atoms with Gasteiger partial charge in [-0.15, -0.1) is 0 Å². The van der Waals surface area contributed by atoms with Gasteiger partial charge in [0.1, 0.15) is 12.7 Å². The van der Waals surface area contributed by atoms with E-state index in [0.717, 1.165) is 89.9 Å². The van der Waals surface area contributed by atoms with E-state index in [4.69, 9.17) is 13.8 Å². The van der Waals surface area contributed by atoms with Gasteiger partial charge in [-0.25, -0.2) is 4.57 Å². The van der Waals surface area contributed by atoms with Crippen LogP contribution in [0.15, 0.2) is 97.2 Å². The first-order valence-electron chi connectivity index (χ1n) is 24.7. The molecule has 0 aromatic carbocycles. The van der Waals surface area contributed by atoms with Crippen molar-refractivity contribution in [2.75, 3.05) is 26.4 Å². The van der Waals surface area contributed by atoms with Crippen molar-refractivity contribution >= 4 is 19.7 Å². The second-order valence-corrected chi connectivity index (χ2v) is 17.5. The van der Waals surface area contributed by atoms with E-state index in [9.17, 15) is 24.2 Å². The maximum atomic E-state index is 12.1. The Hall–Kier alpha value is -3.07. The van der Waals surface area contributed by atoms with Crippen LogP contribution >= 0.6 is 7.82 Å². The summed E-state index contributed by atoms with van der Waals surface area (Å²) in [5, 5.41) is 12.7. The normalized spacial score (nSPS) is 14.0. The maximum absolute atomic E-state index is 12.1. The summed E-state index contributed by atoms with van der Waals surface area (Å²) in [4.78, 5) is 34.0. The number of phosphoric acid groups is 1. The lowest BCUT2D eigenvalue weighted by atomic mass is 10.1. The molecule has 0 saturated carbocycles. The molecule has 0 heterocycles. The van der Waals surface area contributed by atoms with Crippen molar-refractivity contribution < 1.29 is 37.9 Å². The van der Waals surface area contributed by atoms with E-state index < -0.39 is 26.5 Å². The molecule has 3 N–H and O–H groups in total. The molecule has 0 aromatic rings. The van der Waals surface area contributed by atoms with Gasteiger partial charge >= 0.3 is 13.8 Å². The molecule has 0 spiro atoms. The van der Waals surface area contributed by atoms with Crippen LogP contribution in [0, 0.1) is 0 Å². The average molecular weight is 900 g/mol. The first-order valence-corrected chi connectivity index (χ1v) is 26.2. The summed E-state index contributed by atoms with van der Waals surface area (Å²) in [6.07, 6.45) is 63.3. The Morgan fingerprint density at radius 2 is 0.905 bits per heavy atom. The minimum absolute atomic E-state index is 0.0708. The van der Waals surface area contributed by atoms with E-state index in [-0.39, 0.29) is 32.1 Å². The first-order chi connectivity index (χ1) is 30.8. The van der Waals surface area contributed by atoms with Gasteiger partial charge in [0.25, 0.3) is 0 Å². The number of amides is 1. The number of aliphatic hydroxyl groups is 1. The number of rotatable bonds is 45. The van der Waals surface area contributed by atoms with Gasteiger partial charge in [0, 0.05) is 19.4 Å². The molecule has 10 heteroatoms. The standard InChI is InChI=1S/C53H90NO8P/c1-3-5-7-9-11-13-15-17-19-21-23-24-25-26-28-30-32-34-36-38-40-42-44-46-53(57)60-49-51(55)50-62-63(58,59)61-48-47-54-52(56)45-43-41-39-37-35-33-31-29-27-22-20-18-16-14-12-10-8-6-4-2/h5,7,11-14,17-20,23-24,26,28,32,34,51,55H,3-4,6,8-10,15-16,21-22,25,27,29-31,33,35-50H2,1-2H3,(H,54,56)(H,58,59)/b7-5-,13-11-,14-12-,19-17-,20-18-,24-23-,28-26-,34-32-. The van der Waals surface area contributed by atoms with E-state index in [2.05, 4.69) is 116 Å². The van der Waals surface area contributed by atoms with Gasteiger partial charge < -0.3 is 20.1 Å². The fourth-order valence-corrected chi connectivity index (χ4v) is 7.05. The van der Waals surface area contributed by atoms with Crippen LogP contribution < -0.4 is 5.32 Å². The van der Waals surface area contributed by atoms with E-state index in [1.54, 1.807) is 0 Å². The van der Waals surface area contributed by atoms with Crippen LogP contribution in [0.2, 0.25) is 0 Å². The SMILES string of the molecule is CC/C=C\C/C=C\C/C=C\C/C=C\C/C=C\C/C=C\CCCCCCC(=O)OCC(O)COP(=O)(O)OCCNC(=O)CCCCCCCCCCC/C=C\C/C=C\CCCCC. The number of nitrogens with one attached hydrogen (secondary N) is 1. The highest BCUT2D eigenvalue weighted by Crippen LogP contribution is 2.42. The van der Waals surface area contributed by atoms with Crippen molar-refractivity contribution in [2.24, 2.45) is 0 Å². The molecule has 1 amide bonds. The summed E-state index contributed by atoms with van der Waals surface area (Å²) in [6.45, 7) is 3.38. The quantitative estimate of drug-likeness (QED) is 0.0238. The molecule has 0 saturated heterocycles. The van der Waals surface area contributed by atoms with Gasteiger partial charge in [-0.3, -0.25) is 18.6 Å². The van der Waals surface area contributed by atoms with E-state index >= 15 is 0 Å². The Labute approximate surface area is 385 Å². The molecule has 0 radical (unpaired) electrons. The van der Waals surface area contributed by atoms with E-state index in [1.807, 2.05) is 0 Å². The van der Waals surface area contributed by atoms with Crippen LogP contribution in [0.5, 0.6) is 0 Å². The van der Waals surface area contributed by atoms with Crippen molar-refractivity contribution in [2.45, 2.75) is 200 Å². The van der Waals surface area contributed by atoms with Crippen molar-refractivity contribution in [1.29, 1.82) is 0 Å². The van der Waals surface area contributed by atoms with Crippen LogP contribution in [0.1, 0.15) is 194 Å². The number of allylic oxidation sites excluding steroid dienone is 16. The Kier molecular flexibility index (Phi) is 46.0. The van der Waals surface area contributed by atoms with Gasteiger partial charge in [0.2, 0.25) is 5.91 Å². The van der Waals surface area contributed by atoms with E-state index in [0.29, 0.717) is 12.8 Å². The summed E-state index contributed by atoms with van der Waals surface area (Å²) < 4.78 is 26.9.